The monoisotopic (exact) mass is 386 g/mol. The maximum atomic E-state index is 12.4. The van der Waals surface area contributed by atoms with Gasteiger partial charge in [-0.15, -0.1) is 0 Å². The van der Waals surface area contributed by atoms with Crippen LogP contribution in [0.3, 0.4) is 0 Å². The molecule has 0 bridgehead atoms. The Bertz CT molecular complexity index is 672. The van der Waals surface area contributed by atoms with E-state index in [0.717, 1.165) is 22.2 Å². The van der Waals surface area contributed by atoms with Crippen LogP contribution >= 0.6 is 15.9 Å². The Morgan fingerprint density at radius 1 is 1.09 bits per heavy atom. The van der Waals surface area contributed by atoms with Gasteiger partial charge in [0.05, 0.1) is 5.56 Å². The molecule has 2 amide bonds. The molecule has 0 aliphatic heterocycles. The molecule has 3 nitrogen and oxygen atoms in total. The van der Waals surface area contributed by atoms with Gasteiger partial charge >= 0.3 is 12.2 Å². The highest BCUT2D eigenvalue weighted by atomic mass is 79.9. The lowest BCUT2D eigenvalue weighted by atomic mass is 10.1. The van der Waals surface area contributed by atoms with Crippen molar-refractivity contribution in [3.8, 4) is 0 Å². The third-order valence-corrected chi connectivity index (χ3v) is 3.55. The van der Waals surface area contributed by atoms with Crippen LogP contribution in [0.15, 0.2) is 53.0 Å². The molecular weight excluding hydrogens is 373 g/mol. The topological polar surface area (TPSA) is 41.1 Å². The molecule has 0 aliphatic carbocycles. The molecule has 0 heterocycles. The molecule has 2 rings (SSSR count). The smallest absolute Gasteiger partial charge is 0.338 e. The van der Waals surface area contributed by atoms with Crippen molar-refractivity contribution in [2.45, 2.75) is 12.6 Å². The van der Waals surface area contributed by atoms with Gasteiger partial charge in [0.15, 0.2) is 0 Å². The van der Waals surface area contributed by atoms with E-state index in [9.17, 15) is 18.0 Å². The number of benzene rings is 2. The predicted octanol–water partition coefficient (Wildman–Crippen LogP) is 4.83. The molecule has 0 spiro atoms. The van der Waals surface area contributed by atoms with Crippen LogP contribution in [-0.4, -0.2) is 12.6 Å². The van der Waals surface area contributed by atoms with E-state index in [1.807, 2.05) is 24.3 Å². The molecule has 0 saturated heterocycles. The van der Waals surface area contributed by atoms with Crippen LogP contribution in [0.25, 0.3) is 0 Å². The van der Waals surface area contributed by atoms with Crippen LogP contribution in [0.2, 0.25) is 0 Å². The Hall–Kier alpha value is -2.02. The number of rotatable bonds is 4. The first kappa shape index (κ1) is 17.3. The lowest BCUT2D eigenvalue weighted by molar-refractivity contribution is -0.137. The normalized spacial score (nSPS) is 11.1. The Labute approximate surface area is 140 Å². The number of halogens is 4. The SMILES string of the molecule is O=C(NCCc1cccc(Br)c1)Nc1ccc(C(F)(F)F)cc1. The third-order valence-electron chi connectivity index (χ3n) is 3.06. The third kappa shape index (κ3) is 5.59. The highest BCUT2D eigenvalue weighted by Gasteiger charge is 2.29. The first-order chi connectivity index (χ1) is 10.8. The van der Waals surface area contributed by atoms with Crippen LogP contribution in [0.5, 0.6) is 0 Å². The molecule has 0 aliphatic rings. The van der Waals surface area contributed by atoms with E-state index in [4.69, 9.17) is 0 Å². The number of nitrogens with one attached hydrogen (secondary N) is 2. The summed E-state index contributed by atoms with van der Waals surface area (Å²) in [4.78, 5) is 11.7. The van der Waals surface area contributed by atoms with E-state index in [-0.39, 0.29) is 0 Å². The second-order valence-corrected chi connectivity index (χ2v) is 5.75. The number of urea groups is 1. The summed E-state index contributed by atoms with van der Waals surface area (Å²) in [5.74, 6) is 0. The molecule has 2 N–H and O–H groups in total. The van der Waals surface area contributed by atoms with Gasteiger partial charge in [0, 0.05) is 16.7 Å². The van der Waals surface area contributed by atoms with Gasteiger partial charge < -0.3 is 10.6 Å². The molecule has 0 aromatic heterocycles. The summed E-state index contributed by atoms with van der Waals surface area (Å²) < 4.78 is 38.3. The van der Waals surface area contributed by atoms with Crippen LogP contribution in [-0.2, 0) is 12.6 Å². The van der Waals surface area contributed by atoms with Crippen LogP contribution in [0, 0.1) is 0 Å². The average Bonchev–Trinajstić information content (AvgIpc) is 2.47. The average molecular weight is 387 g/mol. The zero-order valence-corrected chi connectivity index (χ0v) is 13.5. The highest BCUT2D eigenvalue weighted by molar-refractivity contribution is 9.10. The van der Waals surface area contributed by atoms with Crippen LogP contribution < -0.4 is 10.6 Å². The summed E-state index contributed by atoms with van der Waals surface area (Å²) in [6, 6.07) is 11.5. The number of alkyl halides is 3. The number of amides is 2. The quantitative estimate of drug-likeness (QED) is 0.775. The maximum absolute atomic E-state index is 12.4. The fraction of sp³-hybridized carbons (Fsp3) is 0.188. The molecule has 23 heavy (non-hydrogen) atoms. The van der Waals surface area contributed by atoms with Crippen molar-refractivity contribution in [1.82, 2.24) is 5.32 Å². The Morgan fingerprint density at radius 2 is 1.78 bits per heavy atom. The van der Waals surface area contributed by atoms with E-state index in [2.05, 4.69) is 26.6 Å². The molecule has 2 aromatic rings. The molecule has 7 heteroatoms. The molecule has 0 unspecified atom stereocenters. The fourth-order valence-electron chi connectivity index (χ4n) is 1.93. The molecule has 0 fully saturated rings. The minimum atomic E-state index is -4.38. The largest absolute Gasteiger partial charge is 0.416 e. The lowest BCUT2D eigenvalue weighted by Gasteiger charge is -2.10. The molecular formula is C16H14BrF3N2O. The highest BCUT2D eigenvalue weighted by Crippen LogP contribution is 2.29. The van der Waals surface area contributed by atoms with Gasteiger partial charge in [-0.1, -0.05) is 28.1 Å². The second-order valence-electron chi connectivity index (χ2n) is 4.84. The number of hydrogen-bond acceptors (Lipinski definition) is 1. The predicted molar refractivity (Wildman–Crippen MR) is 86.3 cm³/mol. The van der Waals surface area contributed by atoms with E-state index in [1.54, 1.807) is 0 Å². The van der Waals surface area contributed by atoms with Gasteiger partial charge in [0.1, 0.15) is 0 Å². The Balaban J connectivity index is 1.80. The molecule has 0 saturated carbocycles. The van der Waals surface area contributed by atoms with Gasteiger partial charge in [0.2, 0.25) is 0 Å². The Kier molecular flexibility index (Phi) is 5.65. The second kappa shape index (κ2) is 7.50. The summed E-state index contributed by atoms with van der Waals surface area (Å²) in [6.45, 7) is 0.420. The van der Waals surface area contributed by atoms with Crippen LogP contribution in [0.4, 0.5) is 23.7 Å². The summed E-state index contributed by atoms with van der Waals surface area (Å²) >= 11 is 3.37. The number of anilines is 1. The van der Waals surface area contributed by atoms with Crippen molar-refractivity contribution in [3.63, 3.8) is 0 Å². The van der Waals surface area contributed by atoms with Gasteiger partial charge in [-0.2, -0.15) is 13.2 Å². The maximum Gasteiger partial charge on any atom is 0.416 e. The minimum Gasteiger partial charge on any atom is -0.338 e. The van der Waals surface area contributed by atoms with Crippen molar-refractivity contribution in [1.29, 1.82) is 0 Å². The van der Waals surface area contributed by atoms with E-state index >= 15 is 0 Å². The number of hydrogen-bond donors (Lipinski definition) is 2. The van der Waals surface area contributed by atoms with Gasteiger partial charge in [-0.05, 0) is 48.4 Å². The zero-order chi connectivity index (χ0) is 16.9. The van der Waals surface area contributed by atoms with Crippen molar-refractivity contribution in [2.75, 3.05) is 11.9 Å². The van der Waals surface area contributed by atoms with E-state index in [1.165, 1.54) is 12.1 Å². The number of carbonyl (C=O) groups excluding carboxylic acids is 1. The first-order valence-electron chi connectivity index (χ1n) is 6.81. The van der Waals surface area contributed by atoms with Gasteiger partial charge in [0.25, 0.3) is 0 Å². The lowest BCUT2D eigenvalue weighted by Crippen LogP contribution is -2.30. The summed E-state index contributed by atoms with van der Waals surface area (Å²) in [7, 11) is 0. The molecule has 122 valence electrons. The van der Waals surface area contributed by atoms with E-state index < -0.39 is 17.8 Å². The van der Waals surface area contributed by atoms with Crippen molar-refractivity contribution >= 4 is 27.6 Å². The summed E-state index contributed by atoms with van der Waals surface area (Å²) in [5.41, 5.74) is 0.616. The molecule has 0 radical (unpaired) electrons. The Morgan fingerprint density at radius 3 is 2.39 bits per heavy atom. The minimum absolute atomic E-state index is 0.304. The molecule has 2 aromatic carbocycles. The zero-order valence-electron chi connectivity index (χ0n) is 12.0. The van der Waals surface area contributed by atoms with Crippen molar-refractivity contribution in [3.05, 3.63) is 64.1 Å². The summed E-state index contributed by atoms with van der Waals surface area (Å²) in [5, 5.41) is 5.15. The first-order valence-corrected chi connectivity index (χ1v) is 7.60. The van der Waals surface area contributed by atoms with E-state index in [0.29, 0.717) is 18.7 Å². The molecule has 0 atom stereocenters. The van der Waals surface area contributed by atoms with Crippen molar-refractivity contribution < 1.29 is 18.0 Å². The van der Waals surface area contributed by atoms with Crippen LogP contribution in [0.1, 0.15) is 11.1 Å². The van der Waals surface area contributed by atoms with Gasteiger partial charge in [-0.3, -0.25) is 0 Å². The standard InChI is InChI=1S/C16H14BrF3N2O/c17-13-3-1-2-11(10-13)8-9-21-15(23)22-14-6-4-12(5-7-14)16(18,19)20/h1-7,10H,8-9H2,(H2,21,22,23). The van der Waals surface area contributed by atoms with Crippen molar-refractivity contribution in [2.24, 2.45) is 0 Å². The summed E-state index contributed by atoms with van der Waals surface area (Å²) in [6.07, 6.45) is -3.73. The van der Waals surface area contributed by atoms with Gasteiger partial charge in [-0.25, -0.2) is 4.79 Å². The number of carbonyl (C=O) groups is 1. The fourth-order valence-corrected chi connectivity index (χ4v) is 2.38.